The first-order valence-electron chi connectivity index (χ1n) is 6.21. The summed E-state index contributed by atoms with van der Waals surface area (Å²) in [4.78, 5) is 22.6. The molecule has 0 bridgehead atoms. The fraction of sp³-hybridized carbons (Fsp3) is 0.462. The van der Waals surface area contributed by atoms with Crippen LogP contribution in [0.25, 0.3) is 0 Å². The highest BCUT2D eigenvalue weighted by molar-refractivity contribution is 9.10. The molecule has 1 aromatic rings. The number of rotatable bonds is 3. The van der Waals surface area contributed by atoms with Gasteiger partial charge in [0.05, 0.1) is 21.0 Å². The van der Waals surface area contributed by atoms with Crippen molar-refractivity contribution in [2.75, 3.05) is 6.61 Å². The van der Waals surface area contributed by atoms with Crippen LogP contribution in [0.5, 0.6) is 0 Å². The number of hydrogen-bond acceptors (Lipinski definition) is 4. The Kier molecular flexibility index (Phi) is 4.10. The zero-order valence-corrected chi connectivity index (χ0v) is 12.8. The van der Waals surface area contributed by atoms with Crippen LogP contribution in [-0.4, -0.2) is 29.1 Å². The highest BCUT2D eigenvalue weighted by Crippen LogP contribution is 2.28. The number of ether oxygens (including phenoxy) is 1. The van der Waals surface area contributed by atoms with E-state index in [2.05, 4.69) is 21.2 Å². The summed E-state index contributed by atoms with van der Waals surface area (Å²) < 4.78 is 5.81. The fourth-order valence-corrected chi connectivity index (χ4v) is 2.52. The van der Waals surface area contributed by atoms with Gasteiger partial charge in [0.25, 0.3) is 11.6 Å². The molecule has 0 saturated carbocycles. The average molecular weight is 343 g/mol. The number of nitro benzene ring substituents is 1. The zero-order chi connectivity index (χ0) is 14.9. The van der Waals surface area contributed by atoms with Gasteiger partial charge >= 0.3 is 0 Å². The van der Waals surface area contributed by atoms with Gasteiger partial charge in [0.2, 0.25) is 0 Å². The molecule has 7 heteroatoms. The van der Waals surface area contributed by atoms with Crippen LogP contribution in [0.2, 0.25) is 0 Å². The summed E-state index contributed by atoms with van der Waals surface area (Å²) >= 11 is 3.10. The molecule has 1 saturated heterocycles. The molecule has 108 valence electrons. The van der Waals surface area contributed by atoms with Crippen LogP contribution < -0.4 is 5.32 Å². The van der Waals surface area contributed by atoms with Crippen LogP contribution in [0.15, 0.2) is 22.7 Å². The van der Waals surface area contributed by atoms with Crippen LogP contribution in [0.1, 0.15) is 30.6 Å². The Bertz CT molecular complexity index is 563. The molecule has 0 aromatic heterocycles. The Hall–Kier alpha value is -1.47. The van der Waals surface area contributed by atoms with Crippen LogP contribution in [0, 0.1) is 10.1 Å². The third-order valence-electron chi connectivity index (χ3n) is 3.69. The molecule has 1 aliphatic heterocycles. The Morgan fingerprint density at radius 1 is 1.60 bits per heavy atom. The lowest BCUT2D eigenvalue weighted by Crippen LogP contribution is -2.50. The van der Waals surface area contributed by atoms with Crippen LogP contribution in [0.4, 0.5) is 5.69 Å². The van der Waals surface area contributed by atoms with Gasteiger partial charge in [-0.05, 0) is 48.3 Å². The SMILES string of the molecule is CC1OCCC1(C)NC(=O)c1ccc(Br)c([N+](=O)[O-])c1. The molecule has 1 heterocycles. The molecule has 2 rings (SSSR count). The van der Waals surface area contributed by atoms with Crippen molar-refractivity contribution < 1.29 is 14.5 Å². The maximum absolute atomic E-state index is 12.2. The summed E-state index contributed by atoms with van der Waals surface area (Å²) in [6.45, 7) is 4.41. The van der Waals surface area contributed by atoms with Gasteiger partial charge in [0.15, 0.2) is 0 Å². The second-order valence-corrected chi connectivity index (χ2v) is 5.91. The highest BCUT2D eigenvalue weighted by atomic mass is 79.9. The zero-order valence-electron chi connectivity index (χ0n) is 11.2. The van der Waals surface area contributed by atoms with Crippen molar-refractivity contribution in [3.8, 4) is 0 Å². The lowest BCUT2D eigenvalue weighted by atomic mass is 9.94. The van der Waals surface area contributed by atoms with E-state index >= 15 is 0 Å². The number of nitrogens with one attached hydrogen (secondary N) is 1. The third kappa shape index (κ3) is 2.83. The van der Waals surface area contributed by atoms with Gasteiger partial charge in [0, 0.05) is 18.2 Å². The molecule has 2 unspecified atom stereocenters. The van der Waals surface area contributed by atoms with E-state index in [1.165, 1.54) is 12.1 Å². The second-order valence-electron chi connectivity index (χ2n) is 5.06. The van der Waals surface area contributed by atoms with E-state index in [-0.39, 0.29) is 23.3 Å². The van der Waals surface area contributed by atoms with E-state index < -0.39 is 10.5 Å². The van der Waals surface area contributed by atoms with Crippen molar-refractivity contribution in [2.24, 2.45) is 0 Å². The van der Waals surface area contributed by atoms with Gasteiger partial charge < -0.3 is 10.1 Å². The van der Waals surface area contributed by atoms with Gasteiger partial charge in [-0.2, -0.15) is 0 Å². The Balaban J connectivity index is 2.22. The van der Waals surface area contributed by atoms with E-state index in [0.29, 0.717) is 11.1 Å². The van der Waals surface area contributed by atoms with E-state index in [1.54, 1.807) is 6.07 Å². The monoisotopic (exact) mass is 342 g/mol. The first-order valence-corrected chi connectivity index (χ1v) is 7.01. The summed E-state index contributed by atoms with van der Waals surface area (Å²) in [6, 6.07) is 4.32. The number of benzene rings is 1. The molecule has 1 N–H and O–H groups in total. The van der Waals surface area contributed by atoms with E-state index in [4.69, 9.17) is 4.74 Å². The van der Waals surface area contributed by atoms with Crippen molar-refractivity contribution in [3.63, 3.8) is 0 Å². The maximum atomic E-state index is 12.2. The van der Waals surface area contributed by atoms with Crippen molar-refractivity contribution in [2.45, 2.75) is 31.9 Å². The number of amides is 1. The largest absolute Gasteiger partial charge is 0.376 e. The highest BCUT2D eigenvalue weighted by Gasteiger charge is 2.38. The van der Waals surface area contributed by atoms with E-state index in [9.17, 15) is 14.9 Å². The Morgan fingerprint density at radius 2 is 2.30 bits per heavy atom. The Labute approximate surface area is 124 Å². The topological polar surface area (TPSA) is 81.5 Å². The number of halogens is 1. The Morgan fingerprint density at radius 3 is 2.85 bits per heavy atom. The maximum Gasteiger partial charge on any atom is 0.284 e. The summed E-state index contributed by atoms with van der Waals surface area (Å²) in [6.07, 6.45) is 0.635. The quantitative estimate of drug-likeness (QED) is 0.676. The smallest absolute Gasteiger partial charge is 0.284 e. The number of carbonyl (C=O) groups is 1. The lowest BCUT2D eigenvalue weighted by molar-refractivity contribution is -0.385. The van der Waals surface area contributed by atoms with Crippen molar-refractivity contribution in [1.29, 1.82) is 0 Å². The third-order valence-corrected chi connectivity index (χ3v) is 4.36. The number of carbonyl (C=O) groups excluding carboxylic acids is 1. The van der Waals surface area contributed by atoms with E-state index in [1.807, 2.05) is 13.8 Å². The molecule has 0 radical (unpaired) electrons. The molecule has 20 heavy (non-hydrogen) atoms. The van der Waals surface area contributed by atoms with Gasteiger partial charge in [-0.3, -0.25) is 14.9 Å². The number of hydrogen-bond donors (Lipinski definition) is 1. The molecular weight excluding hydrogens is 328 g/mol. The first kappa shape index (κ1) is 14.9. The van der Waals surface area contributed by atoms with Crippen LogP contribution in [-0.2, 0) is 4.74 Å². The average Bonchev–Trinajstić information content (AvgIpc) is 2.69. The molecule has 0 spiro atoms. The van der Waals surface area contributed by atoms with Crippen LogP contribution in [0.3, 0.4) is 0 Å². The minimum atomic E-state index is -0.524. The molecule has 6 nitrogen and oxygen atoms in total. The minimum Gasteiger partial charge on any atom is -0.376 e. The summed E-state index contributed by atoms with van der Waals surface area (Å²) in [5.41, 5.74) is -0.308. The van der Waals surface area contributed by atoms with Crippen molar-refractivity contribution in [1.82, 2.24) is 5.32 Å². The molecule has 1 fully saturated rings. The lowest BCUT2D eigenvalue weighted by Gasteiger charge is -2.28. The summed E-state index contributed by atoms with van der Waals surface area (Å²) in [5, 5.41) is 13.8. The number of nitrogens with zero attached hydrogens (tertiary/aromatic N) is 1. The summed E-state index contributed by atoms with van der Waals surface area (Å²) in [5.74, 6) is -0.333. The van der Waals surface area contributed by atoms with Crippen molar-refractivity contribution in [3.05, 3.63) is 38.3 Å². The van der Waals surface area contributed by atoms with Gasteiger partial charge in [0.1, 0.15) is 0 Å². The van der Waals surface area contributed by atoms with E-state index in [0.717, 1.165) is 6.42 Å². The molecule has 1 aromatic carbocycles. The normalized spacial score (nSPS) is 25.4. The van der Waals surface area contributed by atoms with Crippen molar-refractivity contribution >= 4 is 27.5 Å². The molecule has 2 atom stereocenters. The molecule has 1 amide bonds. The second kappa shape index (κ2) is 5.49. The predicted octanol–water partition coefficient (Wildman–Crippen LogP) is 2.65. The van der Waals surface area contributed by atoms with Gasteiger partial charge in [-0.15, -0.1) is 0 Å². The standard InChI is InChI=1S/C13H15BrN2O4/c1-8-13(2,5-6-20-8)15-12(17)9-3-4-10(14)11(7-9)16(18)19/h3-4,7-8H,5-6H2,1-2H3,(H,15,17). The minimum absolute atomic E-state index is 0.0862. The van der Waals surface area contributed by atoms with Crippen LogP contribution >= 0.6 is 15.9 Å². The molecule has 0 aliphatic carbocycles. The molecular formula is C13H15BrN2O4. The van der Waals surface area contributed by atoms with Gasteiger partial charge in [-0.1, -0.05) is 0 Å². The predicted molar refractivity (Wildman–Crippen MR) is 76.7 cm³/mol. The first-order chi connectivity index (χ1) is 9.33. The van der Waals surface area contributed by atoms with Gasteiger partial charge in [-0.25, -0.2) is 0 Å². The number of nitro groups is 1. The summed E-state index contributed by atoms with van der Waals surface area (Å²) in [7, 11) is 0. The molecule has 1 aliphatic rings. The fourth-order valence-electron chi connectivity index (χ4n) is 2.12.